The maximum atomic E-state index is 14.6. The third-order valence-corrected chi connectivity index (χ3v) is 7.23. The number of carbonyl (C=O) groups is 1. The third-order valence-electron chi connectivity index (χ3n) is 4.68. The molecule has 4 N–H and O–H groups in total. The minimum absolute atomic E-state index is 0.132. The van der Waals surface area contributed by atoms with Crippen LogP contribution in [-0.4, -0.2) is 40.7 Å². The summed E-state index contributed by atoms with van der Waals surface area (Å²) in [6, 6.07) is 1.15. The fourth-order valence-corrected chi connectivity index (χ4v) is 5.71. The molecule has 13 heteroatoms. The van der Waals surface area contributed by atoms with E-state index in [2.05, 4.69) is 26.2 Å². The predicted molar refractivity (Wildman–Crippen MR) is 119 cm³/mol. The Labute approximate surface area is 198 Å². The molecule has 0 aromatic carbocycles. The fraction of sp³-hybridized carbons (Fsp3) is 0.474. The molecule has 2 aromatic heterocycles. The van der Waals surface area contributed by atoms with Crippen LogP contribution in [0, 0.1) is 0 Å². The van der Waals surface area contributed by atoms with Crippen LogP contribution < -0.4 is 11.1 Å². The number of carboxylic acid groups (broad SMARTS) is 1. The summed E-state index contributed by atoms with van der Waals surface area (Å²) in [4.78, 5) is 13.8. The summed E-state index contributed by atoms with van der Waals surface area (Å²) < 4.78 is 62.3. The number of alkyl halides is 5. The maximum absolute atomic E-state index is 14.6. The van der Waals surface area contributed by atoms with Gasteiger partial charge in [0.1, 0.15) is 5.15 Å². The molecule has 1 aliphatic carbocycles. The van der Waals surface area contributed by atoms with Crippen LogP contribution in [-0.2, 0) is 4.79 Å². The van der Waals surface area contributed by atoms with Crippen LogP contribution in [0.4, 0.5) is 27.6 Å². The van der Waals surface area contributed by atoms with E-state index < -0.39 is 30.0 Å². The second-order valence-electron chi connectivity index (χ2n) is 7.00. The molecule has 0 amide bonds. The molecule has 0 aliphatic heterocycles. The zero-order chi connectivity index (χ0) is 24.3. The van der Waals surface area contributed by atoms with E-state index in [4.69, 9.17) is 27.2 Å². The van der Waals surface area contributed by atoms with Crippen molar-refractivity contribution in [3.63, 3.8) is 0 Å². The Morgan fingerprint density at radius 2 is 2.12 bits per heavy atom. The Kier molecular flexibility index (Phi) is 8.88. The van der Waals surface area contributed by atoms with Gasteiger partial charge in [-0.3, -0.25) is 0 Å². The lowest BCUT2D eigenvalue weighted by atomic mass is 9.81. The number of anilines is 1. The van der Waals surface area contributed by atoms with Gasteiger partial charge in [0, 0.05) is 30.0 Å². The van der Waals surface area contributed by atoms with Crippen LogP contribution in [0.5, 0.6) is 0 Å². The molecule has 178 valence electrons. The fourth-order valence-electron chi connectivity index (χ4n) is 3.24. The second kappa shape index (κ2) is 10.6. The molecule has 0 unspecified atom stereocenters. The molecule has 2 heterocycles. The van der Waals surface area contributed by atoms with Crippen LogP contribution in [0.2, 0.25) is 5.15 Å². The number of fused-ring (bicyclic) bond motifs is 1. The lowest BCUT2D eigenvalue weighted by Gasteiger charge is -2.35. The smallest absolute Gasteiger partial charge is 0.475 e. The van der Waals surface area contributed by atoms with Crippen molar-refractivity contribution >= 4 is 60.7 Å². The van der Waals surface area contributed by atoms with Gasteiger partial charge in [0.2, 0.25) is 0 Å². The molecule has 1 saturated carbocycles. The Hall–Kier alpha value is -1.50. The van der Waals surface area contributed by atoms with Gasteiger partial charge in [-0.05, 0) is 35.7 Å². The van der Waals surface area contributed by atoms with Crippen molar-refractivity contribution < 1.29 is 31.9 Å². The minimum atomic E-state index is -5.08. The number of nitrogens with one attached hydrogen (secondary N) is 1. The normalized spacial score (nSPS) is 20.8. The number of nitrogens with zero attached hydrogens (tertiary/aromatic N) is 1. The van der Waals surface area contributed by atoms with Crippen molar-refractivity contribution in [1.82, 2.24) is 4.98 Å². The molecular formula is C19H20BrClF5N3O2S. The maximum Gasteiger partial charge on any atom is 0.490 e. The number of aliphatic carboxylic acids is 1. The van der Waals surface area contributed by atoms with Crippen molar-refractivity contribution in [3.8, 4) is 0 Å². The van der Waals surface area contributed by atoms with Gasteiger partial charge in [0.15, 0.2) is 0 Å². The van der Waals surface area contributed by atoms with Crippen molar-refractivity contribution in [3.05, 3.63) is 32.7 Å². The number of carboxylic acids is 1. The van der Waals surface area contributed by atoms with Gasteiger partial charge in [-0.2, -0.15) is 13.2 Å². The molecule has 1 aliphatic rings. The van der Waals surface area contributed by atoms with E-state index in [1.165, 1.54) is 11.3 Å². The number of allylic oxidation sites excluding steroid dienone is 1. The van der Waals surface area contributed by atoms with E-state index in [-0.39, 0.29) is 6.42 Å². The zero-order valence-corrected chi connectivity index (χ0v) is 19.8. The predicted octanol–water partition coefficient (Wildman–Crippen LogP) is 6.56. The Morgan fingerprint density at radius 3 is 2.66 bits per heavy atom. The molecule has 0 radical (unpaired) electrons. The largest absolute Gasteiger partial charge is 0.490 e. The Morgan fingerprint density at radius 1 is 1.50 bits per heavy atom. The SMILES string of the molecule is C/C=C/CNc1cc(Cl)nc2c(Br)c([C@H]3[C@H](N)CCCC3(F)F)sc12.O=C(O)C(F)(F)F. The highest BCUT2D eigenvalue weighted by molar-refractivity contribution is 9.10. The summed E-state index contributed by atoms with van der Waals surface area (Å²) >= 11 is 10.9. The molecule has 32 heavy (non-hydrogen) atoms. The van der Waals surface area contributed by atoms with Gasteiger partial charge >= 0.3 is 12.1 Å². The molecule has 0 bridgehead atoms. The molecule has 1 fully saturated rings. The quantitative estimate of drug-likeness (QED) is 0.222. The van der Waals surface area contributed by atoms with Gasteiger partial charge in [0.05, 0.1) is 26.3 Å². The highest BCUT2D eigenvalue weighted by Crippen LogP contribution is 2.51. The number of pyridine rings is 1. The summed E-state index contributed by atoms with van der Waals surface area (Å²) in [7, 11) is 0. The molecule has 5 nitrogen and oxygen atoms in total. The van der Waals surface area contributed by atoms with Gasteiger partial charge < -0.3 is 16.2 Å². The van der Waals surface area contributed by atoms with Crippen LogP contribution in [0.1, 0.15) is 37.0 Å². The second-order valence-corrected chi connectivity index (χ2v) is 9.23. The molecular weight excluding hydrogens is 545 g/mol. The van der Waals surface area contributed by atoms with Crippen LogP contribution >= 0.6 is 38.9 Å². The zero-order valence-electron chi connectivity index (χ0n) is 16.6. The Balaban J connectivity index is 0.000000451. The lowest BCUT2D eigenvalue weighted by Crippen LogP contribution is -2.43. The van der Waals surface area contributed by atoms with E-state index in [0.717, 1.165) is 10.4 Å². The molecule has 2 aromatic rings. The van der Waals surface area contributed by atoms with E-state index in [1.807, 2.05) is 19.1 Å². The molecule has 2 atom stereocenters. The molecule has 0 saturated heterocycles. The first-order valence-corrected chi connectivity index (χ1v) is 11.3. The number of hydrogen-bond donors (Lipinski definition) is 3. The highest BCUT2D eigenvalue weighted by Gasteiger charge is 2.48. The lowest BCUT2D eigenvalue weighted by molar-refractivity contribution is -0.192. The van der Waals surface area contributed by atoms with Crippen LogP contribution in [0.25, 0.3) is 10.2 Å². The van der Waals surface area contributed by atoms with Crippen LogP contribution in [0.15, 0.2) is 22.7 Å². The van der Waals surface area contributed by atoms with Crippen molar-refractivity contribution in [2.75, 3.05) is 11.9 Å². The number of aromatic nitrogens is 1. The number of rotatable bonds is 4. The molecule has 3 rings (SSSR count). The van der Waals surface area contributed by atoms with Gasteiger partial charge in [-0.15, -0.1) is 11.3 Å². The third kappa shape index (κ3) is 6.30. The Bertz CT molecular complexity index is 999. The summed E-state index contributed by atoms with van der Waals surface area (Å²) in [5, 5.41) is 10.7. The monoisotopic (exact) mass is 563 g/mol. The summed E-state index contributed by atoms with van der Waals surface area (Å²) in [5.41, 5.74) is 7.47. The van der Waals surface area contributed by atoms with E-state index in [9.17, 15) is 22.0 Å². The number of nitrogens with two attached hydrogens (primary N) is 1. The van der Waals surface area contributed by atoms with E-state index >= 15 is 0 Å². The van der Waals surface area contributed by atoms with Gasteiger partial charge in [0.25, 0.3) is 5.92 Å². The molecule has 0 spiro atoms. The summed E-state index contributed by atoms with van der Waals surface area (Å²) in [5.74, 6) is -6.58. The topological polar surface area (TPSA) is 88.2 Å². The summed E-state index contributed by atoms with van der Waals surface area (Å²) in [6.45, 7) is 2.55. The number of halogens is 7. The first kappa shape index (κ1) is 26.7. The number of hydrogen-bond acceptors (Lipinski definition) is 5. The summed E-state index contributed by atoms with van der Waals surface area (Å²) in [6.07, 6.45) is -0.263. The van der Waals surface area contributed by atoms with Gasteiger partial charge in [-0.1, -0.05) is 23.8 Å². The van der Waals surface area contributed by atoms with Crippen LogP contribution in [0.3, 0.4) is 0 Å². The minimum Gasteiger partial charge on any atom is -0.475 e. The standard InChI is InChI=1S/C17H19BrClF2N3S.C2HF3O2/c1-2-3-7-23-10-8-11(19)24-14-13(18)16(25-15(10)14)12-9(22)5-4-6-17(12,20)21;3-2(4,5)1(6)7/h2-3,8-9,12H,4-7,22H2,1H3,(H,23,24);(H,6,7)/b3-2+;/t9-,12-;/m1./s1. The number of thiophene rings is 1. The first-order valence-electron chi connectivity index (χ1n) is 9.36. The highest BCUT2D eigenvalue weighted by atomic mass is 79.9. The van der Waals surface area contributed by atoms with Gasteiger partial charge in [-0.25, -0.2) is 18.6 Å². The van der Waals surface area contributed by atoms with E-state index in [1.54, 1.807) is 6.07 Å². The first-order chi connectivity index (χ1) is 14.8. The van der Waals surface area contributed by atoms with E-state index in [0.29, 0.717) is 39.4 Å². The average Bonchev–Trinajstić information content (AvgIpc) is 2.97. The van der Waals surface area contributed by atoms with Crippen molar-refractivity contribution in [2.45, 2.75) is 50.2 Å². The van der Waals surface area contributed by atoms with Crippen molar-refractivity contribution in [2.24, 2.45) is 5.73 Å². The average molecular weight is 565 g/mol. The van der Waals surface area contributed by atoms with Crippen molar-refractivity contribution in [1.29, 1.82) is 0 Å².